The third-order valence-corrected chi connectivity index (χ3v) is 4.56. The van der Waals surface area contributed by atoms with Crippen molar-refractivity contribution in [2.45, 2.75) is 6.92 Å². The first kappa shape index (κ1) is 15.5. The number of benzene rings is 1. The van der Waals surface area contributed by atoms with Gasteiger partial charge in [0.25, 0.3) is 5.91 Å². The van der Waals surface area contributed by atoms with Crippen LogP contribution in [0.4, 0.5) is 9.52 Å². The van der Waals surface area contributed by atoms with E-state index < -0.39 is 5.91 Å². The third kappa shape index (κ3) is 2.89. The zero-order chi connectivity index (χ0) is 17.4. The Kier molecular flexibility index (Phi) is 3.77. The average Bonchev–Trinajstić information content (AvgIpc) is 3.21. The first-order valence-corrected chi connectivity index (χ1v) is 8.36. The lowest BCUT2D eigenvalue weighted by molar-refractivity contribution is 0.0998. The van der Waals surface area contributed by atoms with Crippen LogP contribution in [0.3, 0.4) is 0 Å². The number of hydrogen-bond donors (Lipinski definition) is 1. The van der Waals surface area contributed by atoms with E-state index in [1.165, 1.54) is 29.5 Å². The smallest absolute Gasteiger partial charge is 0.293 e. The zero-order valence-corrected chi connectivity index (χ0v) is 13.9. The Balaban J connectivity index is 1.61. The van der Waals surface area contributed by atoms with Crippen LogP contribution in [-0.2, 0) is 0 Å². The molecule has 1 aromatic carbocycles. The van der Waals surface area contributed by atoms with E-state index in [9.17, 15) is 9.18 Å². The molecular formula is C18H12FN3O2S. The largest absolute Gasteiger partial charge is 0.451 e. The second-order valence-corrected chi connectivity index (χ2v) is 6.28. The van der Waals surface area contributed by atoms with Gasteiger partial charge < -0.3 is 4.42 Å². The maximum absolute atomic E-state index is 13.4. The summed E-state index contributed by atoms with van der Waals surface area (Å²) < 4.78 is 19.0. The summed E-state index contributed by atoms with van der Waals surface area (Å²) in [5.41, 5.74) is 2.74. The highest BCUT2D eigenvalue weighted by molar-refractivity contribution is 7.14. The Morgan fingerprint density at radius 1 is 1.24 bits per heavy atom. The van der Waals surface area contributed by atoms with Gasteiger partial charge in [-0.15, -0.1) is 11.3 Å². The summed E-state index contributed by atoms with van der Waals surface area (Å²) in [4.78, 5) is 20.9. The minimum atomic E-state index is -0.412. The third-order valence-electron chi connectivity index (χ3n) is 3.81. The zero-order valence-electron chi connectivity index (χ0n) is 13.1. The number of nitrogens with zero attached hydrogens (tertiary/aromatic N) is 2. The summed E-state index contributed by atoms with van der Waals surface area (Å²) >= 11 is 1.32. The molecule has 0 aliphatic carbocycles. The minimum Gasteiger partial charge on any atom is -0.451 e. The summed E-state index contributed by atoms with van der Waals surface area (Å²) in [6.07, 6.45) is 3.37. The number of fused-ring (bicyclic) bond motifs is 1. The highest BCUT2D eigenvalue weighted by Crippen LogP contribution is 2.28. The Labute approximate surface area is 146 Å². The molecule has 0 aliphatic heterocycles. The molecule has 3 aromatic heterocycles. The van der Waals surface area contributed by atoms with E-state index >= 15 is 0 Å². The van der Waals surface area contributed by atoms with Crippen LogP contribution in [0.25, 0.3) is 22.2 Å². The van der Waals surface area contributed by atoms with Crippen molar-refractivity contribution < 1.29 is 13.6 Å². The normalized spacial score (nSPS) is 11.0. The molecule has 0 atom stereocenters. The number of halogens is 1. The highest BCUT2D eigenvalue weighted by Gasteiger charge is 2.19. The molecule has 3 heterocycles. The molecule has 0 fully saturated rings. The van der Waals surface area contributed by atoms with Crippen molar-refractivity contribution in [2.24, 2.45) is 0 Å². The summed E-state index contributed by atoms with van der Waals surface area (Å²) in [6, 6.07) is 7.86. The lowest BCUT2D eigenvalue weighted by atomic mass is 10.1. The van der Waals surface area contributed by atoms with Crippen LogP contribution in [0.5, 0.6) is 0 Å². The van der Waals surface area contributed by atoms with Gasteiger partial charge >= 0.3 is 0 Å². The average molecular weight is 353 g/mol. The molecule has 0 aliphatic rings. The van der Waals surface area contributed by atoms with Crippen LogP contribution < -0.4 is 5.32 Å². The number of amides is 1. The summed E-state index contributed by atoms with van der Waals surface area (Å²) in [5.74, 6) is -0.628. The number of aromatic nitrogens is 2. The van der Waals surface area contributed by atoms with Crippen LogP contribution in [-0.4, -0.2) is 15.9 Å². The van der Waals surface area contributed by atoms with Gasteiger partial charge in [-0.25, -0.2) is 9.37 Å². The lowest BCUT2D eigenvalue weighted by Gasteiger charge is -1.99. The van der Waals surface area contributed by atoms with Crippen LogP contribution in [0.1, 0.15) is 16.1 Å². The maximum atomic E-state index is 13.4. The van der Waals surface area contributed by atoms with Gasteiger partial charge in [-0.1, -0.05) is 0 Å². The van der Waals surface area contributed by atoms with Gasteiger partial charge in [0, 0.05) is 34.3 Å². The minimum absolute atomic E-state index is 0.154. The topological polar surface area (TPSA) is 68.0 Å². The van der Waals surface area contributed by atoms with Crippen molar-refractivity contribution in [1.82, 2.24) is 9.97 Å². The van der Waals surface area contributed by atoms with Gasteiger partial charge in [0.05, 0.1) is 5.69 Å². The fourth-order valence-corrected chi connectivity index (χ4v) is 3.26. The standard InChI is InChI=1S/C18H12FN3O2S/c1-10-13-8-12(19)2-3-15(13)24-16(10)17(23)22-18-21-14(9-25-18)11-4-6-20-7-5-11/h2-9H,1H3,(H,21,22,23). The van der Waals surface area contributed by atoms with Gasteiger partial charge in [-0.2, -0.15) is 0 Å². The van der Waals surface area contributed by atoms with Crippen molar-refractivity contribution in [3.63, 3.8) is 0 Å². The number of rotatable bonds is 3. The van der Waals surface area contributed by atoms with E-state index in [-0.39, 0.29) is 11.6 Å². The molecule has 0 radical (unpaired) electrons. The molecule has 0 bridgehead atoms. The number of carbonyl (C=O) groups is 1. The molecule has 4 rings (SSSR count). The molecule has 5 nitrogen and oxygen atoms in total. The Morgan fingerprint density at radius 3 is 2.84 bits per heavy atom. The van der Waals surface area contributed by atoms with Crippen LogP contribution >= 0.6 is 11.3 Å². The van der Waals surface area contributed by atoms with Crippen molar-refractivity contribution in [3.05, 3.63) is 65.2 Å². The number of nitrogens with one attached hydrogen (secondary N) is 1. The van der Waals surface area contributed by atoms with Gasteiger partial charge in [-0.05, 0) is 37.3 Å². The molecule has 0 unspecified atom stereocenters. The van der Waals surface area contributed by atoms with Gasteiger partial charge in [-0.3, -0.25) is 15.1 Å². The van der Waals surface area contributed by atoms with E-state index in [0.29, 0.717) is 21.7 Å². The fourth-order valence-electron chi connectivity index (χ4n) is 2.55. The number of thiazole rings is 1. The quantitative estimate of drug-likeness (QED) is 0.582. The number of carbonyl (C=O) groups excluding carboxylic acids is 1. The summed E-state index contributed by atoms with van der Waals surface area (Å²) in [6.45, 7) is 1.73. The predicted octanol–water partition coefficient (Wildman–Crippen LogP) is 4.65. The van der Waals surface area contributed by atoms with Gasteiger partial charge in [0.1, 0.15) is 11.4 Å². The van der Waals surface area contributed by atoms with E-state index in [4.69, 9.17) is 4.42 Å². The molecule has 7 heteroatoms. The second kappa shape index (κ2) is 6.10. The van der Waals surface area contributed by atoms with E-state index in [2.05, 4.69) is 15.3 Å². The maximum Gasteiger partial charge on any atom is 0.293 e. The van der Waals surface area contributed by atoms with E-state index in [1.54, 1.807) is 19.3 Å². The van der Waals surface area contributed by atoms with Crippen molar-refractivity contribution in [3.8, 4) is 11.3 Å². The van der Waals surface area contributed by atoms with Crippen molar-refractivity contribution in [2.75, 3.05) is 5.32 Å². The SMILES string of the molecule is Cc1c(C(=O)Nc2nc(-c3ccncc3)cs2)oc2ccc(F)cc12. The molecule has 1 N–H and O–H groups in total. The monoisotopic (exact) mass is 353 g/mol. The van der Waals surface area contributed by atoms with Gasteiger partial charge in [0.15, 0.2) is 10.9 Å². The lowest BCUT2D eigenvalue weighted by Crippen LogP contribution is -2.11. The predicted molar refractivity (Wildman–Crippen MR) is 94.2 cm³/mol. The number of furan rings is 1. The fraction of sp³-hybridized carbons (Fsp3) is 0.0556. The van der Waals surface area contributed by atoms with Crippen LogP contribution in [0.2, 0.25) is 0 Å². The van der Waals surface area contributed by atoms with Crippen molar-refractivity contribution in [1.29, 1.82) is 0 Å². The first-order valence-electron chi connectivity index (χ1n) is 7.48. The molecule has 0 saturated heterocycles. The molecule has 0 spiro atoms. The Morgan fingerprint density at radius 2 is 2.04 bits per heavy atom. The summed E-state index contributed by atoms with van der Waals surface area (Å²) in [7, 11) is 0. The van der Waals surface area contributed by atoms with Crippen molar-refractivity contribution >= 4 is 33.3 Å². The van der Waals surface area contributed by atoms with Gasteiger partial charge in [0.2, 0.25) is 0 Å². The second-order valence-electron chi connectivity index (χ2n) is 5.42. The number of hydrogen-bond acceptors (Lipinski definition) is 5. The number of anilines is 1. The molecule has 25 heavy (non-hydrogen) atoms. The number of pyridine rings is 1. The van der Waals surface area contributed by atoms with E-state index in [1.807, 2.05) is 17.5 Å². The van der Waals surface area contributed by atoms with Crippen LogP contribution in [0.15, 0.2) is 52.5 Å². The molecular weight excluding hydrogens is 341 g/mol. The molecule has 4 aromatic rings. The van der Waals surface area contributed by atoms with Crippen LogP contribution in [0, 0.1) is 12.7 Å². The highest BCUT2D eigenvalue weighted by atomic mass is 32.1. The Bertz CT molecular complexity index is 1070. The Hall–Kier alpha value is -3.06. The summed E-state index contributed by atoms with van der Waals surface area (Å²) in [5, 5.41) is 5.63. The van der Waals surface area contributed by atoms with E-state index in [0.717, 1.165) is 11.3 Å². The molecule has 124 valence electrons. The number of aryl methyl sites for hydroxylation is 1. The first-order chi connectivity index (χ1) is 12.1. The molecule has 0 saturated carbocycles. The molecule has 1 amide bonds.